The second-order valence-corrected chi connectivity index (χ2v) is 0.695. The summed E-state index contributed by atoms with van der Waals surface area (Å²) >= 11 is 0. The fraction of sp³-hybridized carbons (Fsp3) is 1.00. The van der Waals surface area contributed by atoms with Crippen LogP contribution in [0.5, 0.6) is 0 Å². The van der Waals surface area contributed by atoms with Gasteiger partial charge in [0.25, 0.3) is 0 Å². The third kappa shape index (κ3) is 27.4. The molecule has 0 aliphatic heterocycles. The predicted octanol–water partition coefficient (Wildman–Crippen LogP) is -5.76. The normalized spacial score (nSPS) is 5.25. The molecule has 0 radical (unpaired) electrons. The van der Waals surface area contributed by atoms with Gasteiger partial charge in [-0.3, -0.25) is 0 Å². The van der Waals surface area contributed by atoms with E-state index in [-0.39, 0.29) is 44.3 Å². The van der Waals surface area contributed by atoms with Crippen LogP contribution >= 0.6 is 0 Å². The molecule has 0 aromatic heterocycles. The fourth-order valence-electron chi connectivity index (χ4n) is 0.118. The maximum atomic E-state index is 4.47. The molecule has 0 bridgehead atoms. The predicted molar refractivity (Wildman–Crippen MR) is 18.9 cm³/mol. The maximum absolute atomic E-state index is 4.47. The van der Waals surface area contributed by atoms with Gasteiger partial charge < -0.3 is 34.3 Å². The van der Waals surface area contributed by atoms with Crippen molar-refractivity contribution in [2.75, 3.05) is 21.0 Å². The van der Waals surface area contributed by atoms with Gasteiger partial charge in [-0.1, -0.05) is 0 Å². The molecule has 0 spiro atoms. The molecule has 0 N–H and O–H groups in total. The zero-order chi connectivity index (χ0) is 4.12. The first-order chi connectivity index (χ1) is 2.41. The molecule has 48 valence electrons. The van der Waals surface area contributed by atoms with Gasteiger partial charge in [0.15, 0.2) is 0 Å². The van der Waals surface area contributed by atoms with Gasteiger partial charge in [0.1, 0.15) is 6.79 Å². The maximum Gasteiger partial charge on any atom is 2.00 e. The molecule has 0 heterocycles. The first-order valence-electron chi connectivity index (χ1n) is 1.39. The van der Waals surface area contributed by atoms with E-state index >= 15 is 0 Å². The van der Waals surface area contributed by atoms with Gasteiger partial charge >= 0.3 is 19.5 Å². The van der Waals surface area contributed by atoms with Crippen LogP contribution in [0, 0.1) is 0 Å². The molecule has 0 aromatic carbocycles. The minimum Gasteiger partial charge on any atom is -1.00 e. The Labute approximate surface area is 74.9 Å². The largest absolute Gasteiger partial charge is 2.00 e. The number of hydrogen-bond donors (Lipinski definition) is 0. The summed E-state index contributed by atoms with van der Waals surface area (Å²) in [7, 11) is 3.17. The summed E-state index contributed by atoms with van der Waals surface area (Å²) in [6.45, 7) is 0.389. The fourth-order valence-corrected chi connectivity index (χ4v) is 0.118. The van der Waals surface area contributed by atoms with Crippen LogP contribution in [0.1, 0.15) is 0 Å². The van der Waals surface area contributed by atoms with E-state index < -0.39 is 0 Å². The van der Waals surface area contributed by atoms with E-state index in [4.69, 9.17) is 0 Å². The van der Waals surface area contributed by atoms with Gasteiger partial charge in [0, 0.05) is 14.2 Å². The van der Waals surface area contributed by atoms with Gasteiger partial charge in [-0.25, -0.2) is 0 Å². The van der Waals surface area contributed by atoms with Crippen molar-refractivity contribution in [3.8, 4) is 0 Å². The number of ether oxygens (including phenoxy) is 2. The van der Waals surface area contributed by atoms with E-state index in [0.717, 1.165) is 0 Å². The average Bonchev–Trinajstić information content (AvgIpc) is 1.41. The Morgan fingerprint density at radius 2 is 1.25 bits per heavy atom. The molecule has 0 fully saturated rings. The molecule has 0 aromatic rings. The Bertz CT molecular complexity index is 22.8. The van der Waals surface area contributed by atoms with E-state index in [2.05, 4.69) is 9.47 Å². The molecule has 0 saturated heterocycles. The molecule has 2 nitrogen and oxygen atoms in total. The molecular weight excluding hydrogens is 204 g/mol. The molecule has 8 heavy (non-hydrogen) atoms. The minimum absolute atomic E-state index is 0. The van der Waals surface area contributed by atoms with Crippen LogP contribution in [0.2, 0.25) is 0 Å². The monoisotopic (exact) mass is 210 g/mol. The van der Waals surface area contributed by atoms with Gasteiger partial charge in [-0.05, 0) is 0 Å². The van der Waals surface area contributed by atoms with Crippen molar-refractivity contribution in [1.29, 1.82) is 0 Å². The van der Waals surface area contributed by atoms with E-state index in [1.165, 1.54) is 0 Å². The van der Waals surface area contributed by atoms with Crippen LogP contribution in [0.3, 0.4) is 0 Å². The summed E-state index contributed by atoms with van der Waals surface area (Å²) in [5.74, 6) is 0. The third-order valence-corrected chi connectivity index (χ3v) is 0.236. The quantitative estimate of drug-likeness (QED) is 0.335. The van der Waals surface area contributed by atoms with Crippen LogP contribution in [0.25, 0.3) is 0 Å². The molecule has 0 rings (SSSR count). The first-order valence-corrected chi connectivity index (χ1v) is 1.39. The molecule has 5 heteroatoms. The van der Waals surface area contributed by atoms with Gasteiger partial charge in [0.2, 0.25) is 0 Å². The number of hydrogen-bond acceptors (Lipinski definition) is 2. The van der Waals surface area contributed by atoms with Crippen LogP contribution in [-0.4, -0.2) is 21.0 Å². The molecule has 0 aliphatic carbocycles. The Morgan fingerprint density at radius 1 is 1.00 bits per heavy atom. The molecule has 0 atom stereocenters. The van der Waals surface area contributed by atoms with Gasteiger partial charge in [-0.15, -0.1) is 0 Å². The van der Waals surface area contributed by atoms with Crippen molar-refractivity contribution in [2.24, 2.45) is 0 Å². The molecule has 0 unspecified atom stereocenters. The van der Waals surface area contributed by atoms with E-state index in [0.29, 0.717) is 6.79 Å². The smallest absolute Gasteiger partial charge is 1.00 e. The summed E-state index contributed by atoms with van der Waals surface area (Å²) in [6, 6.07) is 0. The van der Waals surface area contributed by atoms with Crippen molar-refractivity contribution in [1.82, 2.24) is 0 Å². The Kier molecular flexibility index (Phi) is 69.5. The standard InChI is InChI=1S/C3H8O2.2ClH.Zn/c1-4-3-5-2;;;/h3H2,1-2H3;2*1H;/q;;;+2/p-2. The van der Waals surface area contributed by atoms with E-state index in [9.17, 15) is 0 Å². The van der Waals surface area contributed by atoms with E-state index in [1.54, 1.807) is 14.2 Å². The van der Waals surface area contributed by atoms with Crippen molar-refractivity contribution < 1.29 is 53.8 Å². The summed E-state index contributed by atoms with van der Waals surface area (Å²) in [5.41, 5.74) is 0. The molecular formula is C3H8Cl2O2Zn. The minimum atomic E-state index is 0. The Balaban J connectivity index is -0.0000000267. The van der Waals surface area contributed by atoms with Crippen molar-refractivity contribution in [3.63, 3.8) is 0 Å². The Morgan fingerprint density at radius 3 is 1.25 bits per heavy atom. The molecule has 0 aliphatic rings. The van der Waals surface area contributed by atoms with Crippen LogP contribution in [0.4, 0.5) is 0 Å². The number of methoxy groups -OCH3 is 2. The average molecular weight is 212 g/mol. The SMILES string of the molecule is COCOC.[Cl-].[Cl-].[Zn+2]. The first kappa shape index (κ1) is 22.9. The second kappa shape index (κ2) is 24.2. The second-order valence-electron chi connectivity index (χ2n) is 0.695. The zero-order valence-electron chi connectivity index (χ0n) is 4.99. The van der Waals surface area contributed by atoms with Gasteiger partial charge in [0.05, 0.1) is 0 Å². The zero-order valence-corrected chi connectivity index (χ0v) is 9.47. The van der Waals surface area contributed by atoms with Crippen LogP contribution in [-0.2, 0) is 29.0 Å². The number of rotatable bonds is 2. The van der Waals surface area contributed by atoms with Crippen molar-refractivity contribution in [2.45, 2.75) is 0 Å². The van der Waals surface area contributed by atoms with Crippen molar-refractivity contribution in [3.05, 3.63) is 0 Å². The summed E-state index contributed by atoms with van der Waals surface area (Å²) < 4.78 is 8.94. The summed E-state index contributed by atoms with van der Waals surface area (Å²) in [4.78, 5) is 0. The van der Waals surface area contributed by atoms with Crippen LogP contribution in [0.15, 0.2) is 0 Å². The third-order valence-electron chi connectivity index (χ3n) is 0.236. The molecule has 0 amide bonds. The molecule has 0 saturated carbocycles. The summed E-state index contributed by atoms with van der Waals surface area (Å²) in [6.07, 6.45) is 0. The number of halogens is 2. The van der Waals surface area contributed by atoms with Gasteiger partial charge in [-0.2, -0.15) is 0 Å². The topological polar surface area (TPSA) is 18.5 Å². The Hall–Kier alpha value is 1.12. The van der Waals surface area contributed by atoms with E-state index in [1.807, 2.05) is 0 Å². The van der Waals surface area contributed by atoms with Crippen LogP contribution < -0.4 is 24.8 Å². The van der Waals surface area contributed by atoms with Crippen molar-refractivity contribution >= 4 is 0 Å². The summed E-state index contributed by atoms with van der Waals surface area (Å²) in [5, 5.41) is 0.